The van der Waals surface area contributed by atoms with E-state index in [1.165, 1.54) is 0 Å². The molecule has 12 heavy (non-hydrogen) atoms. The van der Waals surface area contributed by atoms with Crippen LogP contribution in [0.1, 0.15) is 12.8 Å². The highest BCUT2D eigenvalue weighted by Crippen LogP contribution is 1.95. The lowest BCUT2D eigenvalue weighted by Gasteiger charge is -2.00. The van der Waals surface area contributed by atoms with Crippen LogP contribution >= 0.6 is 11.8 Å². The van der Waals surface area contributed by atoms with Crippen molar-refractivity contribution in [2.24, 2.45) is 0 Å². The highest BCUT2D eigenvalue weighted by atomic mass is 32.2. The maximum atomic E-state index is 5.10. The molecule has 0 saturated heterocycles. The molecule has 0 amide bonds. The molecule has 0 unspecified atom stereocenters. The SMILES string of the molecule is C#CCCCNCCSCC#C. The molecule has 0 aliphatic rings. The van der Waals surface area contributed by atoms with Crippen LogP contribution in [0.15, 0.2) is 0 Å². The second-order valence-corrected chi connectivity index (χ2v) is 3.42. The van der Waals surface area contributed by atoms with Gasteiger partial charge < -0.3 is 5.32 Å². The van der Waals surface area contributed by atoms with E-state index in [4.69, 9.17) is 12.8 Å². The molecule has 66 valence electrons. The van der Waals surface area contributed by atoms with E-state index < -0.39 is 0 Å². The molecule has 0 aliphatic carbocycles. The monoisotopic (exact) mass is 181 g/mol. The predicted molar refractivity (Wildman–Crippen MR) is 57.1 cm³/mol. The number of thioether (sulfide) groups is 1. The van der Waals surface area contributed by atoms with Gasteiger partial charge in [0, 0.05) is 18.7 Å². The molecule has 2 heteroatoms. The molecule has 0 spiro atoms. The maximum Gasteiger partial charge on any atom is 0.0545 e. The molecule has 1 N–H and O–H groups in total. The van der Waals surface area contributed by atoms with Crippen molar-refractivity contribution in [2.75, 3.05) is 24.6 Å². The molecule has 0 bridgehead atoms. The lowest BCUT2D eigenvalue weighted by molar-refractivity contribution is 0.688. The lowest BCUT2D eigenvalue weighted by atomic mass is 10.3. The molecule has 0 heterocycles. The summed E-state index contributed by atoms with van der Waals surface area (Å²) in [6, 6.07) is 0. The fraction of sp³-hybridized carbons (Fsp3) is 0.600. The molecule has 0 fully saturated rings. The van der Waals surface area contributed by atoms with Gasteiger partial charge in [-0.25, -0.2) is 0 Å². The summed E-state index contributed by atoms with van der Waals surface area (Å²) in [5, 5.41) is 3.29. The fourth-order valence-electron chi connectivity index (χ4n) is 0.716. The van der Waals surface area contributed by atoms with E-state index in [0.717, 1.165) is 37.4 Å². The maximum absolute atomic E-state index is 5.10. The average molecular weight is 181 g/mol. The number of hydrogen-bond donors (Lipinski definition) is 1. The summed E-state index contributed by atoms with van der Waals surface area (Å²) in [4.78, 5) is 0. The number of nitrogens with one attached hydrogen (secondary N) is 1. The highest BCUT2D eigenvalue weighted by molar-refractivity contribution is 7.99. The smallest absolute Gasteiger partial charge is 0.0545 e. The van der Waals surface area contributed by atoms with Crippen LogP contribution in [0.3, 0.4) is 0 Å². The van der Waals surface area contributed by atoms with Crippen molar-refractivity contribution in [1.29, 1.82) is 0 Å². The Balaban J connectivity index is 2.84. The first-order valence-corrected chi connectivity index (χ1v) is 5.22. The van der Waals surface area contributed by atoms with Crippen molar-refractivity contribution in [1.82, 2.24) is 5.32 Å². The summed E-state index contributed by atoms with van der Waals surface area (Å²) in [6.45, 7) is 2.04. The number of rotatable bonds is 7. The molecule has 1 nitrogen and oxygen atoms in total. The van der Waals surface area contributed by atoms with Gasteiger partial charge in [-0.15, -0.1) is 30.5 Å². The third-order valence-electron chi connectivity index (χ3n) is 1.28. The van der Waals surface area contributed by atoms with Crippen LogP contribution in [0.4, 0.5) is 0 Å². The van der Waals surface area contributed by atoms with E-state index >= 15 is 0 Å². The largest absolute Gasteiger partial charge is 0.316 e. The van der Waals surface area contributed by atoms with Gasteiger partial charge >= 0.3 is 0 Å². The van der Waals surface area contributed by atoms with Gasteiger partial charge in [0.25, 0.3) is 0 Å². The Morgan fingerprint density at radius 2 is 2.00 bits per heavy atom. The third kappa shape index (κ3) is 9.43. The molecule has 0 rings (SSSR count). The first-order valence-electron chi connectivity index (χ1n) is 4.07. The van der Waals surface area contributed by atoms with Crippen LogP contribution in [0.2, 0.25) is 0 Å². The minimum Gasteiger partial charge on any atom is -0.316 e. The van der Waals surface area contributed by atoms with E-state index in [0.29, 0.717) is 0 Å². The van der Waals surface area contributed by atoms with Gasteiger partial charge in [-0.2, -0.15) is 0 Å². The summed E-state index contributed by atoms with van der Waals surface area (Å²) < 4.78 is 0. The van der Waals surface area contributed by atoms with Crippen molar-refractivity contribution in [3.8, 4) is 24.7 Å². The van der Waals surface area contributed by atoms with Crippen LogP contribution in [-0.4, -0.2) is 24.6 Å². The summed E-state index contributed by atoms with van der Waals surface area (Å²) in [7, 11) is 0. The lowest BCUT2D eigenvalue weighted by Crippen LogP contribution is -2.18. The highest BCUT2D eigenvalue weighted by Gasteiger charge is 1.87. The van der Waals surface area contributed by atoms with Crippen molar-refractivity contribution >= 4 is 11.8 Å². The zero-order valence-corrected chi connectivity index (χ0v) is 8.12. The fourth-order valence-corrected chi connectivity index (χ4v) is 1.27. The Hall–Kier alpha value is -0.570. The standard InChI is InChI=1S/C10H15NS/c1-3-5-6-7-11-8-10-12-9-4-2/h1-2,11H,5-10H2. The molecule has 0 aromatic carbocycles. The van der Waals surface area contributed by atoms with E-state index in [1.807, 2.05) is 0 Å². The van der Waals surface area contributed by atoms with Gasteiger partial charge in [0.05, 0.1) is 5.75 Å². The minimum absolute atomic E-state index is 0.812. The van der Waals surface area contributed by atoms with Gasteiger partial charge in [-0.1, -0.05) is 5.92 Å². The van der Waals surface area contributed by atoms with Gasteiger partial charge in [0.1, 0.15) is 0 Å². The van der Waals surface area contributed by atoms with Gasteiger partial charge in [0.15, 0.2) is 0 Å². The Morgan fingerprint density at radius 1 is 1.17 bits per heavy atom. The number of unbranched alkanes of at least 4 members (excludes halogenated alkanes) is 1. The number of terminal acetylenes is 2. The predicted octanol–water partition coefficient (Wildman–Crippen LogP) is 1.36. The third-order valence-corrected chi connectivity index (χ3v) is 2.15. The normalized spacial score (nSPS) is 8.83. The molecule has 0 aromatic rings. The van der Waals surface area contributed by atoms with E-state index in [9.17, 15) is 0 Å². The molecular formula is C10H15NS. The van der Waals surface area contributed by atoms with Crippen LogP contribution in [-0.2, 0) is 0 Å². The van der Waals surface area contributed by atoms with Gasteiger partial charge in [-0.05, 0) is 13.0 Å². The minimum atomic E-state index is 0.812. The van der Waals surface area contributed by atoms with Crippen LogP contribution in [0.25, 0.3) is 0 Å². The molecule has 0 radical (unpaired) electrons. The van der Waals surface area contributed by atoms with Crippen molar-refractivity contribution in [3.05, 3.63) is 0 Å². The summed E-state index contributed by atoms with van der Waals surface area (Å²) in [5.74, 6) is 7.09. The number of hydrogen-bond acceptors (Lipinski definition) is 2. The molecule has 0 saturated carbocycles. The van der Waals surface area contributed by atoms with E-state index in [-0.39, 0.29) is 0 Å². The van der Waals surface area contributed by atoms with Crippen LogP contribution in [0, 0.1) is 24.7 Å². The van der Waals surface area contributed by atoms with E-state index in [2.05, 4.69) is 17.2 Å². The second kappa shape index (κ2) is 10.4. The Kier molecular flexibility index (Phi) is 9.93. The van der Waals surface area contributed by atoms with Gasteiger partial charge in [0.2, 0.25) is 0 Å². The average Bonchev–Trinajstić information content (AvgIpc) is 2.10. The second-order valence-electron chi connectivity index (χ2n) is 2.31. The van der Waals surface area contributed by atoms with Gasteiger partial charge in [-0.3, -0.25) is 0 Å². The van der Waals surface area contributed by atoms with Crippen molar-refractivity contribution < 1.29 is 0 Å². The molecular weight excluding hydrogens is 166 g/mol. The zero-order chi connectivity index (χ0) is 9.07. The topological polar surface area (TPSA) is 12.0 Å². The van der Waals surface area contributed by atoms with Crippen molar-refractivity contribution in [3.63, 3.8) is 0 Å². The molecule has 0 aliphatic heterocycles. The van der Waals surface area contributed by atoms with Crippen molar-refractivity contribution in [2.45, 2.75) is 12.8 Å². The summed E-state index contributed by atoms with van der Waals surface area (Å²) in [6.07, 6.45) is 12.1. The Labute approximate surface area is 79.7 Å². The van der Waals surface area contributed by atoms with Crippen LogP contribution in [0.5, 0.6) is 0 Å². The molecule has 0 aromatic heterocycles. The first-order chi connectivity index (χ1) is 5.91. The summed E-state index contributed by atoms with van der Waals surface area (Å²) in [5.41, 5.74) is 0. The summed E-state index contributed by atoms with van der Waals surface area (Å²) >= 11 is 1.78. The first kappa shape index (κ1) is 11.4. The van der Waals surface area contributed by atoms with E-state index in [1.54, 1.807) is 11.8 Å². The Bertz CT molecular complexity index is 144. The zero-order valence-electron chi connectivity index (χ0n) is 7.31. The quantitative estimate of drug-likeness (QED) is 0.470. The molecule has 0 atom stereocenters. The van der Waals surface area contributed by atoms with Crippen LogP contribution < -0.4 is 5.32 Å². The Morgan fingerprint density at radius 3 is 2.67 bits per heavy atom.